The minimum atomic E-state index is -0.209. The molecule has 0 unspecified atom stereocenters. The van der Waals surface area contributed by atoms with Gasteiger partial charge < -0.3 is 9.32 Å². The topological polar surface area (TPSA) is 59.2 Å². The molecule has 2 aromatic rings. The lowest BCUT2D eigenvalue weighted by molar-refractivity contribution is -0.131. The second-order valence-corrected chi connectivity index (χ2v) is 7.18. The SMILES string of the molecule is Cc1cccc(-c2nnc(S[C@@H](C)C(=O)N3CCCCC3)o2)c1. The van der Waals surface area contributed by atoms with Gasteiger partial charge in [-0.2, -0.15) is 0 Å². The normalized spacial score (nSPS) is 16.3. The zero-order chi connectivity index (χ0) is 16.2. The molecule has 0 spiro atoms. The van der Waals surface area contributed by atoms with E-state index in [0.717, 1.165) is 37.1 Å². The summed E-state index contributed by atoms with van der Waals surface area (Å²) in [5.74, 6) is 0.652. The zero-order valence-electron chi connectivity index (χ0n) is 13.5. The van der Waals surface area contributed by atoms with Gasteiger partial charge in [-0.3, -0.25) is 4.79 Å². The molecule has 1 aromatic heterocycles. The Bertz CT molecular complexity index is 680. The first-order chi connectivity index (χ1) is 11.1. The Morgan fingerprint density at radius 2 is 2.04 bits per heavy atom. The van der Waals surface area contributed by atoms with E-state index in [2.05, 4.69) is 10.2 Å². The van der Waals surface area contributed by atoms with Gasteiger partial charge in [-0.1, -0.05) is 29.5 Å². The highest BCUT2D eigenvalue weighted by Gasteiger charge is 2.24. The van der Waals surface area contributed by atoms with Crippen molar-refractivity contribution in [3.63, 3.8) is 0 Å². The Morgan fingerprint density at radius 3 is 2.78 bits per heavy atom. The number of hydrogen-bond acceptors (Lipinski definition) is 5. The molecule has 1 fully saturated rings. The molecule has 0 N–H and O–H groups in total. The minimum Gasteiger partial charge on any atom is -0.411 e. The highest BCUT2D eigenvalue weighted by Crippen LogP contribution is 2.27. The van der Waals surface area contributed by atoms with Crippen molar-refractivity contribution in [2.24, 2.45) is 0 Å². The Morgan fingerprint density at radius 1 is 1.26 bits per heavy atom. The third kappa shape index (κ3) is 3.93. The predicted octanol–water partition coefficient (Wildman–Crippen LogP) is 3.54. The van der Waals surface area contributed by atoms with Crippen LogP contribution in [-0.2, 0) is 4.79 Å². The van der Waals surface area contributed by atoms with Crippen LogP contribution in [0, 0.1) is 6.92 Å². The van der Waals surface area contributed by atoms with Crippen LogP contribution in [0.5, 0.6) is 0 Å². The van der Waals surface area contributed by atoms with Crippen LogP contribution in [0.1, 0.15) is 31.7 Å². The average molecular weight is 331 g/mol. The first-order valence-electron chi connectivity index (χ1n) is 7.99. The van der Waals surface area contributed by atoms with Crippen LogP contribution in [0.3, 0.4) is 0 Å². The summed E-state index contributed by atoms with van der Waals surface area (Å²) in [4.78, 5) is 14.4. The highest BCUT2D eigenvalue weighted by molar-refractivity contribution is 8.00. The molecule has 1 aliphatic rings. The first-order valence-corrected chi connectivity index (χ1v) is 8.87. The van der Waals surface area contributed by atoms with Gasteiger partial charge in [-0.15, -0.1) is 10.2 Å². The molecule has 0 radical (unpaired) electrons. The van der Waals surface area contributed by atoms with Gasteiger partial charge in [0.1, 0.15) is 0 Å². The molecule has 1 aliphatic heterocycles. The summed E-state index contributed by atoms with van der Waals surface area (Å²) < 4.78 is 5.70. The molecule has 6 heteroatoms. The number of rotatable bonds is 4. The number of carbonyl (C=O) groups is 1. The van der Waals surface area contributed by atoms with E-state index < -0.39 is 0 Å². The summed E-state index contributed by atoms with van der Waals surface area (Å²) in [7, 11) is 0. The van der Waals surface area contributed by atoms with Crippen molar-refractivity contribution in [1.82, 2.24) is 15.1 Å². The van der Waals surface area contributed by atoms with Gasteiger partial charge in [-0.05, 0) is 45.2 Å². The molecule has 1 aromatic carbocycles. The number of hydrogen-bond donors (Lipinski definition) is 0. The van der Waals surface area contributed by atoms with E-state index >= 15 is 0 Å². The van der Waals surface area contributed by atoms with Crippen LogP contribution in [0.15, 0.2) is 33.9 Å². The molecule has 3 rings (SSSR count). The molecule has 1 atom stereocenters. The van der Waals surface area contributed by atoms with Crippen LogP contribution in [-0.4, -0.2) is 39.3 Å². The van der Waals surface area contributed by atoms with Crippen LogP contribution < -0.4 is 0 Å². The molecule has 2 heterocycles. The fourth-order valence-corrected chi connectivity index (χ4v) is 3.49. The van der Waals surface area contributed by atoms with Gasteiger partial charge in [0, 0.05) is 18.7 Å². The van der Waals surface area contributed by atoms with Crippen molar-refractivity contribution in [1.29, 1.82) is 0 Å². The quantitative estimate of drug-likeness (QED) is 0.802. The van der Waals surface area contributed by atoms with Crippen LogP contribution in [0.4, 0.5) is 0 Å². The van der Waals surface area contributed by atoms with Crippen LogP contribution >= 0.6 is 11.8 Å². The molecule has 5 nitrogen and oxygen atoms in total. The third-order valence-electron chi connectivity index (χ3n) is 3.96. The summed E-state index contributed by atoms with van der Waals surface area (Å²) in [6.45, 7) is 5.65. The molecule has 23 heavy (non-hydrogen) atoms. The summed E-state index contributed by atoms with van der Waals surface area (Å²) in [5.41, 5.74) is 2.04. The lowest BCUT2D eigenvalue weighted by Gasteiger charge is -2.28. The van der Waals surface area contributed by atoms with E-state index in [0.29, 0.717) is 11.1 Å². The number of benzene rings is 1. The summed E-state index contributed by atoms with van der Waals surface area (Å²) in [5, 5.41) is 8.39. The van der Waals surface area contributed by atoms with Gasteiger partial charge in [0.05, 0.1) is 5.25 Å². The van der Waals surface area contributed by atoms with Crippen LogP contribution in [0.25, 0.3) is 11.5 Å². The Hall–Kier alpha value is -1.82. The minimum absolute atomic E-state index is 0.157. The third-order valence-corrected chi connectivity index (χ3v) is 4.89. The Kier molecular flexibility index (Phi) is 5.00. The van der Waals surface area contributed by atoms with Gasteiger partial charge >= 0.3 is 0 Å². The maximum absolute atomic E-state index is 12.4. The molecule has 122 valence electrons. The first kappa shape index (κ1) is 16.1. The number of aromatic nitrogens is 2. The molecular weight excluding hydrogens is 310 g/mol. The lowest BCUT2D eigenvalue weighted by Crippen LogP contribution is -2.40. The van der Waals surface area contributed by atoms with E-state index in [1.54, 1.807) is 0 Å². The lowest BCUT2D eigenvalue weighted by atomic mass is 10.1. The number of aryl methyl sites for hydroxylation is 1. The number of nitrogens with zero attached hydrogens (tertiary/aromatic N) is 3. The fourth-order valence-electron chi connectivity index (χ4n) is 2.73. The average Bonchev–Trinajstić information content (AvgIpc) is 3.03. The number of piperidine rings is 1. The standard InChI is InChI=1S/C17H21N3O2S/c1-12-7-6-8-14(11-12)15-18-19-17(22-15)23-13(2)16(21)20-9-4-3-5-10-20/h6-8,11,13H,3-5,9-10H2,1-2H3/t13-/m0/s1. The van der Waals surface area contributed by atoms with E-state index in [-0.39, 0.29) is 11.2 Å². The summed E-state index contributed by atoms with van der Waals surface area (Å²) >= 11 is 1.33. The van der Waals surface area contributed by atoms with Crippen molar-refractivity contribution in [3.05, 3.63) is 29.8 Å². The highest BCUT2D eigenvalue weighted by atomic mass is 32.2. The number of amides is 1. The van der Waals surface area contributed by atoms with Gasteiger partial charge in [-0.25, -0.2) is 0 Å². The number of thioether (sulfide) groups is 1. The van der Waals surface area contributed by atoms with Gasteiger partial charge in [0.15, 0.2) is 0 Å². The maximum atomic E-state index is 12.4. The van der Waals surface area contributed by atoms with Gasteiger partial charge in [0.25, 0.3) is 5.22 Å². The van der Waals surface area contributed by atoms with E-state index in [4.69, 9.17) is 4.42 Å². The second kappa shape index (κ2) is 7.17. The fraction of sp³-hybridized carbons (Fsp3) is 0.471. The largest absolute Gasteiger partial charge is 0.411 e. The zero-order valence-corrected chi connectivity index (χ0v) is 14.3. The van der Waals surface area contributed by atoms with Crippen molar-refractivity contribution in [2.75, 3.05) is 13.1 Å². The smallest absolute Gasteiger partial charge is 0.277 e. The van der Waals surface area contributed by atoms with E-state index in [9.17, 15) is 4.79 Å². The molecule has 1 amide bonds. The maximum Gasteiger partial charge on any atom is 0.277 e. The van der Waals surface area contributed by atoms with Crippen molar-refractivity contribution in [2.45, 2.75) is 43.6 Å². The van der Waals surface area contributed by atoms with Crippen molar-refractivity contribution >= 4 is 17.7 Å². The number of likely N-dealkylation sites (tertiary alicyclic amines) is 1. The monoisotopic (exact) mass is 331 g/mol. The Balaban J connectivity index is 1.65. The predicted molar refractivity (Wildman–Crippen MR) is 90.2 cm³/mol. The number of carbonyl (C=O) groups excluding carboxylic acids is 1. The second-order valence-electron chi connectivity index (χ2n) is 5.89. The molecule has 0 aliphatic carbocycles. The summed E-state index contributed by atoms with van der Waals surface area (Å²) in [6, 6.07) is 7.93. The molecule has 0 bridgehead atoms. The molecule has 0 saturated carbocycles. The van der Waals surface area contributed by atoms with E-state index in [1.807, 2.05) is 43.0 Å². The molecular formula is C17H21N3O2S. The summed E-state index contributed by atoms with van der Waals surface area (Å²) in [6.07, 6.45) is 3.41. The van der Waals surface area contributed by atoms with Gasteiger partial charge in [0.2, 0.25) is 11.8 Å². The van der Waals surface area contributed by atoms with E-state index in [1.165, 1.54) is 18.2 Å². The Labute approximate surface area is 140 Å². The van der Waals surface area contributed by atoms with Crippen LogP contribution in [0.2, 0.25) is 0 Å². The van der Waals surface area contributed by atoms with Crippen molar-refractivity contribution < 1.29 is 9.21 Å². The molecule has 1 saturated heterocycles. The van der Waals surface area contributed by atoms with Crippen molar-refractivity contribution in [3.8, 4) is 11.5 Å².